The topological polar surface area (TPSA) is 50.7 Å². The molecule has 0 aliphatic heterocycles. The summed E-state index contributed by atoms with van der Waals surface area (Å²) >= 11 is 0. The van der Waals surface area contributed by atoms with Gasteiger partial charge in [0.1, 0.15) is 5.66 Å². The number of benzene rings is 1. The summed E-state index contributed by atoms with van der Waals surface area (Å²) in [6.45, 7) is 3.61. The Labute approximate surface area is 72.3 Å². The average molecular weight is 163 g/mol. The van der Waals surface area contributed by atoms with E-state index in [9.17, 15) is 0 Å². The van der Waals surface area contributed by atoms with Gasteiger partial charge in [-0.3, -0.25) is 0 Å². The van der Waals surface area contributed by atoms with Gasteiger partial charge in [0.15, 0.2) is 0 Å². The predicted molar refractivity (Wildman–Crippen MR) is 49.2 cm³/mol. The molecule has 0 unspecified atom stereocenters. The summed E-state index contributed by atoms with van der Waals surface area (Å²) in [5.74, 6) is 0. The van der Waals surface area contributed by atoms with Crippen molar-refractivity contribution in [1.29, 1.82) is 0 Å². The Bertz CT molecular complexity index is 259. The van der Waals surface area contributed by atoms with Crippen molar-refractivity contribution in [3.8, 4) is 0 Å². The molecule has 0 radical (unpaired) electrons. The van der Waals surface area contributed by atoms with E-state index < -0.39 is 5.66 Å². The number of nitrogens with two attached hydrogens (primary N) is 1. The van der Waals surface area contributed by atoms with Gasteiger partial charge < -0.3 is 5.73 Å². The van der Waals surface area contributed by atoms with Crippen molar-refractivity contribution < 1.29 is 0 Å². The molecule has 0 heterocycles. The highest BCUT2D eigenvalue weighted by atomic mass is 15.2. The number of hydrogen-bond acceptors (Lipinski definition) is 3. The minimum atomic E-state index is -0.587. The second-order valence-electron chi connectivity index (χ2n) is 3.19. The average Bonchev–Trinajstić information content (AvgIpc) is 2.02. The van der Waals surface area contributed by atoms with Gasteiger partial charge >= 0.3 is 0 Å². The van der Waals surface area contributed by atoms with Crippen LogP contribution >= 0.6 is 0 Å². The van der Waals surface area contributed by atoms with E-state index in [0.29, 0.717) is 0 Å². The van der Waals surface area contributed by atoms with E-state index in [2.05, 4.69) is 10.2 Å². The van der Waals surface area contributed by atoms with Crippen LogP contribution in [0.2, 0.25) is 0 Å². The Kier molecular flexibility index (Phi) is 2.55. The van der Waals surface area contributed by atoms with E-state index in [1.165, 1.54) is 0 Å². The highest BCUT2D eigenvalue weighted by molar-refractivity contribution is 5.34. The van der Waals surface area contributed by atoms with Gasteiger partial charge in [-0.05, 0) is 26.0 Å². The molecule has 0 aromatic heterocycles. The first-order valence-electron chi connectivity index (χ1n) is 3.85. The van der Waals surface area contributed by atoms with Gasteiger partial charge in [0.2, 0.25) is 0 Å². The van der Waals surface area contributed by atoms with Crippen LogP contribution in [-0.4, -0.2) is 5.66 Å². The normalized spacial score (nSPS) is 12.2. The molecule has 0 aliphatic rings. The van der Waals surface area contributed by atoms with Gasteiger partial charge in [-0.1, -0.05) is 18.2 Å². The molecule has 1 aromatic carbocycles. The molecule has 12 heavy (non-hydrogen) atoms. The van der Waals surface area contributed by atoms with Crippen LogP contribution in [-0.2, 0) is 0 Å². The quantitative estimate of drug-likeness (QED) is 0.669. The number of hydrogen-bond donors (Lipinski definition) is 1. The summed E-state index contributed by atoms with van der Waals surface area (Å²) in [5, 5.41) is 7.91. The van der Waals surface area contributed by atoms with Gasteiger partial charge in [-0.2, -0.15) is 10.2 Å². The van der Waals surface area contributed by atoms with E-state index in [0.717, 1.165) is 5.69 Å². The van der Waals surface area contributed by atoms with Crippen molar-refractivity contribution in [3.05, 3.63) is 30.3 Å². The molecular formula is C9H13N3. The Morgan fingerprint density at radius 1 is 1.17 bits per heavy atom. The zero-order chi connectivity index (χ0) is 9.03. The standard InChI is InChI=1S/C9H13N3/c1-9(2,10)12-11-8-6-4-3-5-7-8/h3-7H,10H2,1-2H3. The maximum Gasteiger partial charge on any atom is 0.123 e. The lowest BCUT2D eigenvalue weighted by atomic mass is 10.3. The molecule has 2 N–H and O–H groups in total. The number of azo groups is 1. The van der Waals surface area contributed by atoms with Crippen molar-refractivity contribution in [1.82, 2.24) is 0 Å². The minimum absolute atomic E-state index is 0.587. The molecule has 0 amide bonds. The van der Waals surface area contributed by atoms with Crippen molar-refractivity contribution in [2.45, 2.75) is 19.5 Å². The number of nitrogens with zero attached hydrogens (tertiary/aromatic N) is 2. The smallest absolute Gasteiger partial charge is 0.123 e. The van der Waals surface area contributed by atoms with Gasteiger partial charge in [-0.15, -0.1) is 0 Å². The molecule has 0 fully saturated rings. The summed E-state index contributed by atoms with van der Waals surface area (Å²) in [4.78, 5) is 0. The van der Waals surface area contributed by atoms with Crippen LogP contribution in [0.25, 0.3) is 0 Å². The second kappa shape index (κ2) is 3.45. The Balaban J connectivity index is 2.71. The third kappa shape index (κ3) is 3.25. The van der Waals surface area contributed by atoms with Crippen molar-refractivity contribution in [2.75, 3.05) is 0 Å². The zero-order valence-electron chi connectivity index (χ0n) is 7.36. The van der Waals surface area contributed by atoms with Crippen LogP contribution in [0.1, 0.15) is 13.8 Å². The maximum absolute atomic E-state index is 5.62. The molecule has 0 aliphatic carbocycles. The molecule has 1 aromatic rings. The largest absolute Gasteiger partial charge is 0.306 e. The molecule has 0 bridgehead atoms. The van der Waals surface area contributed by atoms with Crippen molar-refractivity contribution in [2.24, 2.45) is 16.0 Å². The van der Waals surface area contributed by atoms with E-state index in [1.54, 1.807) is 13.8 Å². The van der Waals surface area contributed by atoms with Crippen LogP contribution in [0.4, 0.5) is 5.69 Å². The molecular weight excluding hydrogens is 150 g/mol. The third-order valence-electron chi connectivity index (χ3n) is 1.18. The fourth-order valence-corrected chi connectivity index (χ4v) is 0.681. The first-order valence-corrected chi connectivity index (χ1v) is 3.85. The summed E-state index contributed by atoms with van der Waals surface area (Å²) in [6.07, 6.45) is 0. The third-order valence-corrected chi connectivity index (χ3v) is 1.18. The zero-order valence-corrected chi connectivity index (χ0v) is 7.36. The predicted octanol–water partition coefficient (Wildman–Crippen LogP) is 2.47. The van der Waals surface area contributed by atoms with Crippen LogP contribution in [0.15, 0.2) is 40.6 Å². The number of rotatable bonds is 2. The van der Waals surface area contributed by atoms with Gasteiger partial charge in [0.25, 0.3) is 0 Å². The fourth-order valence-electron chi connectivity index (χ4n) is 0.681. The lowest BCUT2D eigenvalue weighted by Gasteiger charge is -2.08. The maximum atomic E-state index is 5.62. The summed E-state index contributed by atoms with van der Waals surface area (Å²) in [6, 6.07) is 9.53. The molecule has 3 heteroatoms. The summed E-state index contributed by atoms with van der Waals surface area (Å²) < 4.78 is 0. The lowest BCUT2D eigenvalue weighted by Crippen LogP contribution is -2.28. The molecule has 0 saturated carbocycles. The Hall–Kier alpha value is -1.22. The molecule has 64 valence electrons. The van der Waals surface area contributed by atoms with E-state index in [1.807, 2.05) is 30.3 Å². The summed E-state index contributed by atoms with van der Waals surface area (Å²) in [5.41, 5.74) is 5.87. The summed E-state index contributed by atoms with van der Waals surface area (Å²) in [7, 11) is 0. The first-order chi connectivity index (χ1) is 5.58. The van der Waals surface area contributed by atoms with E-state index in [4.69, 9.17) is 5.73 Å². The van der Waals surface area contributed by atoms with E-state index >= 15 is 0 Å². The van der Waals surface area contributed by atoms with Crippen LogP contribution in [0.3, 0.4) is 0 Å². The molecule has 1 rings (SSSR count). The van der Waals surface area contributed by atoms with Gasteiger partial charge in [-0.25, -0.2) is 0 Å². The van der Waals surface area contributed by atoms with E-state index in [-0.39, 0.29) is 0 Å². The highest BCUT2D eigenvalue weighted by Gasteiger charge is 2.06. The van der Waals surface area contributed by atoms with Gasteiger partial charge in [0, 0.05) is 0 Å². The van der Waals surface area contributed by atoms with Crippen LogP contribution in [0, 0.1) is 0 Å². The molecule has 0 saturated heterocycles. The Morgan fingerprint density at radius 3 is 2.25 bits per heavy atom. The minimum Gasteiger partial charge on any atom is -0.306 e. The molecule has 0 spiro atoms. The molecule has 0 atom stereocenters. The van der Waals surface area contributed by atoms with Gasteiger partial charge in [0.05, 0.1) is 5.69 Å². The first kappa shape index (κ1) is 8.87. The highest BCUT2D eigenvalue weighted by Crippen LogP contribution is 2.12. The second-order valence-corrected chi connectivity index (χ2v) is 3.19. The monoisotopic (exact) mass is 163 g/mol. The van der Waals surface area contributed by atoms with Crippen LogP contribution in [0.5, 0.6) is 0 Å². The van der Waals surface area contributed by atoms with Crippen LogP contribution < -0.4 is 5.73 Å². The van der Waals surface area contributed by atoms with Crippen molar-refractivity contribution in [3.63, 3.8) is 0 Å². The Morgan fingerprint density at radius 2 is 1.75 bits per heavy atom. The SMILES string of the molecule is CC(C)(N)N=Nc1ccccc1. The lowest BCUT2D eigenvalue weighted by molar-refractivity contribution is 0.521. The van der Waals surface area contributed by atoms with Crippen molar-refractivity contribution >= 4 is 5.69 Å². The molecule has 3 nitrogen and oxygen atoms in total. The fraction of sp³-hybridized carbons (Fsp3) is 0.333.